The lowest BCUT2D eigenvalue weighted by molar-refractivity contribution is -0.120. The third-order valence-corrected chi connectivity index (χ3v) is 7.26. The molecule has 2 heterocycles. The summed E-state index contributed by atoms with van der Waals surface area (Å²) in [6.45, 7) is 4.86. The highest BCUT2D eigenvalue weighted by Gasteiger charge is 2.53. The number of alkyl halides is 1. The lowest BCUT2D eigenvalue weighted by atomic mass is 9.70. The Morgan fingerprint density at radius 2 is 2.08 bits per heavy atom. The van der Waals surface area contributed by atoms with Crippen LogP contribution in [0, 0.1) is 11.8 Å². The van der Waals surface area contributed by atoms with Crippen molar-refractivity contribution in [3.8, 4) is 0 Å². The van der Waals surface area contributed by atoms with E-state index in [2.05, 4.69) is 4.90 Å². The van der Waals surface area contributed by atoms with Crippen LogP contribution >= 0.6 is 0 Å². The fourth-order valence-electron chi connectivity index (χ4n) is 4.38. The van der Waals surface area contributed by atoms with Gasteiger partial charge in [-0.1, -0.05) is 0 Å². The molecule has 1 amide bonds. The van der Waals surface area contributed by atoms with E-state index in [-0.39, 0.29) is 5.92 Å². The maximum Gasteiger partial charge on any atom is 0.304 e. The minimum absolute atomic E-state index is 0.0106. The summed E-state index contributed by atoms with van der Waals surface area (Å²) < 4.78 is 42.1. The average molecular weight is 393 g/mol. The number of piperidine rings is 1. The topological polar surface area (TPSA) is 110 Å². The van der Waals surface area contributed by atoms with Crippen LogP contribution in [-0.2, 0) is 15.0 Å². The van der Waals surface area contributed by atoms with Gasteiger partial charge >= 0.3 is 10.2 Å². The van der Waals surface area contributed by atoms with Crippen LogP contribution in [0.1, 0.15) is 33.1 Å². The Hall–Kier alpha value is -0.810. The Bertz CT molecular complexity index is 653. The van der Waals surface area contributed by atoms with Gasteiger partial charge in [0.2, 0.25) is 5.91 Å². The molecule has 1 aliphatic carbocycles. The first-order valence-electron chi connectivity index (χ1n) is 9.07. The number of nitrogens with one attached hydrogen (secondary N) is 1. The van der Waals surface area contributed by atoms with Gasteiger partial charge in [-0.2, -0.15) is 12.7 Å². The molecular formula is C16H28FN3O5S. The Balaban J connectivity index is 1.73. The molecule has 150 valence electrons. The van der Waals surface area contributed by atoms with Crippen LogP contribution in [0.15, 0.2) is 0 Å². The van der Waals surface area contributed by atoms with Gasteiger partial charge in [-0.15, -0.1) is 0 Å². The normalized spacial score (nSPS) is 38.8. The molecule has 2 saturated heterocycles. The second-order valence-electron chi connectivity index (χ2n) is 8.39. The molecule has 0 radical (unpaired) electrons. The van der Waals surface area contributed by atoms with Gasteiger partial charge in [-0.3, -0.25) is 4.79 Å². The number of amides is 1. The Kier molecular flexibility index (Phi) is 5.35. The van der Waals surface area contributed by atoms with Gasteiger partial charge in [-0.05, 0) is 45.6 Å². The summed E-state index contributed by atoms with van der Waals surface area (Å²) in [4.78, 5) is 13.6. The maximum atomic E-state index is 15.3. The first-order valence-corrected chi connectivity index (χ1v) is 10.5. The molecule has 1 saturated carbocycles. The zero-order chi connectivity index (χ0) is 19.3. The number of likely N-dealkylation sites (tertiary alicyclic amines) is 1. The van der Waals surface area contributed by atoms with Crippen molar-refractivity contribution < 1.29 is 27.8 Å². The van der Waals surface area contributed by atoms with Crippen molar-refractivity contribution in [3.63, 3.8) is 0 Å². The molecule has 0 spiro atoms. The van der Waals surface area contributed by atoms with Gasteiger partial charge in [0, 0.05) is 19.0 Å². The van der Waals surface area contributed by atoms with E-state index in [4.69, 9.17) is 0 Å². The van der Waals surface area contributed by atoms with Crippen LogP contribution in [0.5, 0.6) is 0 Å². The average Bonchev–Trinajstić information content (AvgIpc) is 2.77. The fraction of sp³-hybridized carbons (Fsp3) is 0.938. The zero-order valence-corrected chi connectivity index (χ0v) is 16.0. The number of carbonyl (C=O) groups excluding carboxylic acids is 1. The summed E-state index contributed by atoms with van der Waals surface area (Å²) in [5.41, 5.74) is -0.799. The molecule has 8 nitrogen and oxygen atoms in total. The maximum absolute atomic E-state index is 15.3. The number of nitrogens with zero attached hydrogens (tertiary/aromatic N) is 2. The van der Waals surface area contributed by atoms with Crippen molar-refractivity contribution in [2.45, 2.75) is 57.0 Å². The quantitative estimate of drug-likeness (QED) is 0.579. The molecule has 2 aliphatic heterocycles. The van der Waals surface area contributed by atoms with Gasteiger partial charge in [-0.25, -0.2) is 9.11 Å². The molecule has 5 unspecified atom stereocenters. The van der Waals surface area contributed by atoms with E-state index in [1.807, 2.05) is 4.72 Å². The smallest absolute Gasteiger partial charge is 0.304 e. The van der Waals surface area contributed by atoms with Crippen LogP contribution in [0.3, 0.4) is 0 Å². The van der Waals surface area contributed by atoms with Crippen molar-refractivity contribution in [2.24, 2.45) is 11.8 Å². The van der Waals surface area contributed by atoms with Gasteiger partial charge in [0.1, 0.15) is 6.17 Å². The van der Waals surface area contributed by atoms with E-state index in [0.29, 0.717) is 25.9 Å². The highest BCUT2D eigenvalue weighted by molar-refractivity contribution is 7.88. The number of hydrogen-bond acceptors (Lipinski definition) is 6. The number of carbonyl (C=O) groups is 1. The number of halogens is 1. The van der Waals surface area contributed by atoms with Crippen molar-refractivity contribution in [1.82, 2.24) is 13.9 Å². The standard InChI is InChI=1S/C16H28FN3O5S/c1-16(2,23)4-6-19-5-3-10-7-12(21)15(14(17)11(10)8-19)20-9-13(22)18-26(20,24)25/h10-12,14-15,21,23H,3-9H2,1-2H3,(H,18,22). The molecule has 0 aromatic carbocycles. The van der Waals surface area contributed by atoms with E-state index in [1.54, 1.807) is 13.8 Å². The summed E-state index contributed by atoms with van der Waals surface area (Å²) in [6.07, 6.45) is -1.06. The summed E-state index contributed by atoms with van der Waals surface area (Å²) >= 11 is 0. The van der Waals surface area contributed by atoms with Gasteiger partial charge < -0.3 is 15.1 Å². The second kappa shape index (κ2) is 6.97. The fourth-order valence-corrected chi connectivity index (χ4v) is 5.72. The molecule has 3 N–H and O–H groups in total. The van der Waals surface area contributed by atoms with Crippen molar-refractivity contribution >= 4 is 16.1 Å². The Morgan fingerprint density at radius 3 is 2.65 bits per heavy atom. The van der Waals surface area contributed by atoms with Crippen LogP contribution in [0.25, 0.3) is 0 Å². The Morgan fingerprint density at radius 1 is 1.38 bits per heavy atom. The molecule has 0 aromatic heterocycles. The third kappa shape index (κ3) is 4.04. The molecule has 26 heavy (non-hydrogen) atoms. The first-order chi connectivity index (χ1) is 12.0. The van der Waals surface area contributed by atoms with E-state index in [0.717, 1.165) is 17.3 Å². The molecule has 3 fully saturated rings. The lowest BCUT2D eigenvalue weighted by Gasteiger charge is -2.49. The lowest BCUT2D eigenvalue weighted by Crippen LogP contribution is -2.61. The van der Waals surface area contributed by atoms with Crippen molar-refractivity contribution in [3.05, 3.63) is 0 Å². The predicted octanol–water partition coefficient (Wildman–Crippen LogP) is -0.767. The van der Waals surface area contributed by atoms with Crippen LogP contribution in [0.2, 0.25) is 0 Å². The number of aliphatic hydroxyl groups is 2. The minimum Gasteiger partial charge on any atom is -0.391 e. The summed E-state index contributed by atoms with van der Waals surface area (Å²) in [6, 6.07) is -1.24. The molecule has 3 aliphatic rings. The van der Waals surface area contributed by atoms with Crippen LogP contribution in [0.4, 0.5) is 4.39 Å². The second-order valence-corrected chi connectivity index (χ2v) is 10.0. The molecular weight excluding hydrogens is 365 g/mol. The van der Waals surface area contributed by atoms with E-state index >= 15 is 4.39 Å². The van der Waals surface area contributed by atoms with E-state index in [9.17, 15) is 23.4 Å². The molecule has 3 rings (SSSR count). The molecule has 0 bridgehead atoms. The van der Waals surface area contributed by atoms with Gasteiger partial charge in [0.15, 0.2) is 0 Å². The zero-order valence-electron chi connectivity index (χ0n) is 15.1. The minimum atomic E-state index is -4.10. The van der Waals surface area contributed by atoms with Crippen LogP contribution in [-0.4, -0.2) is 83.8 Å². The Labute approximate surface area is 153 Å². The number of hydrogen-bond donors (Lipinski definition) is 3. The molecule has 5 atom stereocenters. The van der Waals surface area contributed by atoms with Crippen molar-refractivity contribution in [1.29, 1.82) is 0 Å². The highest BCUT2D eigenvalue weighted by atomic mass is 32.2. The summed E-state index contributed by atoms with van der Waals surface area (Å²) in [5.74, 6) is -1.12. The first kappa shape index (κ1) is 19.9. The van der Waals surface area contributed by atoms with Gasteiger partial charge in [0.25, 0.3) is 0 Å². The van der Waals surface area contributed by atoms with Gasteiger partial charge in [0.05, 0.1) is 24.3 Å². The molecule has 0 aromatic rings. The van der Waals surface area contributed by atoms with E-state index in [1.165, 1.54) is 0 Å². The predicted molar refractivity (Wildman–Crippen MR) is 92.0 cm³/mol. The molecule has 10 heteroatoms. The highest BCUT2D eigenvalue weighted by Crippen LogP contribution is 2.41. The number of rotatable bonds is 4. The summed E-state index contributed by atoms with van der Waals surface area (Å²) in [5, 5.41) is 20.3. The summed E-state index contributed by atoms with van der Waals surface area (Å²) in [7, 11) is -4.10. The van der Waals surface area contributed by atoms with Crippen LogP contribution < -0.4 is 4.72 Å². The van der Waals surface area contributed by atoms with Crippen molar-refractivity contribution in [2.75, 3.05) is 26.2 Å². The third-order valence-electron chi connectivity index (χ3n) is 5.79. The SMILES string of the molecule is CC(C)(O)CCN1CCC2CC(O)C(N3CC(=O)NS3(=O)=O)C(F)C2C1. The largest absolute Gasteiger partial charge is 0.391 e. The monoisotopic (exact) mass is 393 g/mol. The number of aliphatic hydroxyl groups excluding tert-OH is 1. The van der Waals surface area contributed by atoms with E-state index < -0.39 is 52.5 Å². The number of fused-ring (bicyclic) bond motifs is 1.